The number of carbonyl (C=O) groups is 3. The van der Waals surface area contributed by atoms with Crippen LogP contribution in [0.25, 0.3) is 10.2 Å². The second-order valence-corrected chi connectivity index (χ2v) is 11.2. The van der Waals surface area contributed by atoms with Crippen molar-refractivity contribution in [3.63, 3.8) is 0 Å². The van der Waals surface area contributed by atoms with Gasteiger partial charge < -0.3 is 20.7 Å². The molecule has 6 rings (SSSR count). The maximum absolute atomic E-state index is 13.5. The second-order valence-electron chi connectivity index (χ2n) is 10.2. The topological polar surface area (TPSA) is 126 Å². The molecular formula is C28H30N6O4S. The number of ether oxygens (including phenoxy) is 1. The summed E-state index contributed by atoms with van der Waals surface area (Å²) in [7, 11) is 0. The van der Waals surface area contributed by atoms with Crippen LogP contribution in [0.1, 0.15) is 60.2 Å². The third-order valence-corrected chi connectivity index (χ3v) is 8.78. The fourth-order valence-electron chi connectivity index (χ4n) is 5.42. The van der Waals surface area contributed by atoms with Crippen LogP contribution in [-0.4, -0.2) is 46.0 Å². The number of aryl methyl sites for hydroxylation is 1. The number of urea groups is 1. The molecule has 3 aliphatic rings. The zero-order chi connectivity index (χ0) is 27.1. The molecule has 11 heteroatoms. The number of nitrogens with zero attached hydrogens (tertiary/aromatic N) is 3. The molecule has 0 unspecified atom stereocenters. The SMILES string of the molecule is C=CC(=O)N[C@H]1CCCC[C@H]1NC(=O)c1sc2nccc3c2c1NC(=O)N3c1cnc(OC2CCC2)cc1C. The lowest BCUT2D eigenvalue weighted by Crippen LogP contribution is -2.52. The Balaban J connectivity index is 1.30. The molecule has 4 amide bonds. The first-order chi connectivity index (χ1) is 18.9. The predicted octanol–water partition coefficient (Wildman–Crippen LogP) is 4.96. The number of nitrogens with one attached hydrogen (secondary N) is 3. The molecule has 0 saturated heterocycles. The van der Waals surface area contributed by atoms with Gasteiger partial charge in [-0.3, -0.25) is 14.5 Å². The van der Waals surface area contributed by atoms with E-state index in [1.54, 1.807) is 23.4 Å². The van der Waals surface area contributed by atoms with Crippen LogP contribution in [0.2, 0.25) is 0 Å². The number of amides is 4. The number of rotatable bonds is 7. The van der Waals surface area contributed by atoms with E-state index in [1.165, 1.54) is 23.8 Å². The van der Waals surface area contributed by atoms with E-state index in [-0.39, 0.29) is 36.0 Å². The van der Waals surface area contributed by atoms with Crippen molar-refractivity contribution in [1.29, 1.82) is 0 Å². The van der Waals surface area contributed by atoms with E-state index in [9.17, 15) is 14.4 Å². The summed E-state index contributed by atoms with van der Waals surface area (Å²) in [5.41, 5.74) is 2.57. The van der Waals surface area contributed by atoms with Crippen molar-refractivity contribution in [2.24, 2.45) is 0 Å². The molecule has 3 N–H and O–H groups in total. The highest BCUT2D eigenvalue weighted by Crippen LogP contribution is 2.46. The molecular weight excluding hydrogens is 516 g/mol. The van der Waals surface area contributed by atoms with Gasteiger partial charge in [-0.05, 0) is 56.7 Å². The molecule has 10 nitrogen and oxygen atoms in total. The molecule has 3 aromatic heterocycles. The zero-order valence-electron chi connectivity index (χ0n) is 21.7. The molecule has 0 radical (unpaired) electrons. The van der Waals surface area contributed by atoms with Crippen molar-refractivity contribution < 1.29 is 19.1 Å². The average Bonchev–Trinajstić information content (AvgIpc) is 3.27. The summed E-state index contributed by atoms with van der Waals surface area (Å²) >= 11 is 1.24. The summed E-state index contributed by atoms with van der Waals surface area (Å²) < 4.78 is 5.93. The van der Waals surface area contributed by atoms with Crippen molar-refractivity contribution in [1.82, 2.24) is 20.6 Å². The van der Waals surface area contributed by atoms with E-state index in [1.807, 2.05) is 13.0 Å². The molecule has 4 heterocycles. The van der Waals surface area contributed by atoms with Crippen LogP contribution in [0.5, 0.6) is 5.88 Å². The lowest BCUT2D eigenvalue weighted by Gasteiger charge is -2.32. The Morgan fingerprint density at radius 2 is 1.90 bits per heavy atom. The Labute approximate surface area is 229 Å². The van der Waals surface area contributed by atoms with E-state index in [0.29, 0.717) is 38.0 Å². The van der Waals surface area contributed by atoms with Gasteiger partial charge in [0.15, 0.2) is 0 Å². The molecule has 0 bridgehead atoms. The van der Waals surface area contributed by atoms with Gasteiger partial charge in [-0.25, -0.2) is 14.8 Å². The number of hydrogen-bond acceptors (Lipinski definition) is 7. The normalized spacial score (nSPS) is 20.6. The van der Waals surface area contributed by atoms with Crippen LogP contribution in [0, 0.1) is 6.92 Å². The third kappa shape index (κ3) is 4.71. The standard InChI is InChI=1S/C28H30N6O4S/c1-3-21(35)31-17-9-4-5-10-18(17)32-26(36)25-24-23-19(11-12-29-27(23)39-25)34(28(37)33-24)20-14-30-22(13-15(20)2)38-16-7-6-8-16/h3,11-14,16-18H,1,4-10H2,2H3,(H,31,35)(H,32,36)(H,33,37)/t17-,18+/m0/s1. The fourth-order valence-corrected chi connectivity index (χ4v) is 6.44. The van der Waals surface area contributed by atoms with E-state index >= 15 is 0 Å². The van der Waals surface area contributed by atoms with Gasteiger partial charge in [-0.1, -0.05) is 19.4 Å². The minimum Gasteiger partial charge on any atom is -0.474 e. The number of pyridine rings is 2. The first-order valence-corrected chi connectivity index (χ1v) is 14.1. The van der Waals surface area contributed by atoms with Gasteiger partial charge in [0.1, 0.15) is 15.8 Å². The highest BCUT2D eigenvalue weighted by atomic mass is 32.1. The highest BCUT2D eigenvalue weighted by molar-refractivity contribution is 7.21. The van der Waals surface area contributed by atoms with E-state index < -0.39 is 0 Å². The summed E-state index contributed by atoms with van der Waals surface area (Å²) in [6, 6.07) is 2.86. The summed E-state index contributed by atoms with van der Waals surface area (Å²) in [5.74, 6) is -0.00164. The summed E-state index contributed by atoms with van der Waals surface area (Å²) in [5, 5.41) is 9.68. The Morgan fingerprint density at radius 3 is 2.59 bits per heavy atom. The fraction of sp³-hybridized carbons (Fsp3) is 0.393. The highest BCUT2D eigenvalue weighted by Gasteiger charge is 2.35. The van der Waals surface area contributed by atoms with Gasteiger partial charge in [-0.2, -0.15) is 0 Å². The first kappa shape index (κ1) is 25.3. The number of thiophene rings is 1. The maximum Gasteiger partial charge on any atom is 0.331 e. The lowest BCUT2D eigenvalue weighted by molar-refractivity contribution is -0.117. The Hall–Kier alpha value is -3.99. The van der Waals surface area contributed by atoms with Crippen LogP contribution >= 0.6 is 11.3 Å². The Morgan fingerprint density at radius 1 is 1.13 bits per heavy atom. The van der Waals surface area contributed by atoms with Gasteiger partial charge in [0.25, 0.3) is 5.91 Å². The molecule has 0 aromatic carbocycles. The second kappa shape index (κ2) is 10.3. The van der Waals surface area contributed by atoms with Gasteiger partial charge in [0.05, 0.1) is 28.6 Å². The van der Waals surface area contributed by atoms with Crippen molar-refractivity contribution in [2.75, 3.05) is 10.2 Å². The summed E-state index contributed by atoms with van der Waals surface area (Å²) in [6.07, 6.45) is 11.5. The third-order valence-electron chi connectivity index (χ3n) is 7.69. The molecule has 1 aliphatic heterocycles. The minimum absolute atomic E-state index is 0.176. The summed E-state index contributed by atoms with van der Waals surface area (Å²) in [4.78, 5) is 50.5. The molecule has 3 aromatic rings. The minimum atomic E-state index is -0.381. The van der Waals surface area contributed by atoms with Crippen LogP contribution in [0.15, 0.2) is 37.2 Å². The van der Waals surface area contributed by atoms with E-state index in [2.05, 4.69) is 32.5 Å². The average molecular weight is 547 g/mol. The zero-order valence-corrected chi connectivity index (χ0v) is 22.5. The smallest absolute Gasteiger partial charge is 0.331 e. The molecule has 39 heavy (non-hydrogen) atoms. The van der Waals surface area contributed by atoms with E-state index in [4.69, 9.17) is 4.74 Å². The van der Waals surface area contributed by atoms with Gasteiger partial charge in [0.2, 0.25) is 11.8 Å². The van der Waals surface area contributed by atoms with Crippen LogP contribution < -0.4 is 25.6 Å². The molecule has 2 saturated carbocycles. The van der Waals surface area contributed by atoms with Crippen molar-refractivity contribution in [2.45, 2.75) is 70.1 Å². The number of carbonyl (C=O) groups excluding carboxylic acids is 3. The van der Waals surface area contributed by atoms with Crippen molar-refractivity contribution in [3.05, 3.63) is 47.6 Å². The molecule has 202 valence electrons. The Kier molecular flexibility index (Phi) is 6.68. The first-order valence-electron chi connectivity index (χ1n) is 13.3. The quantitative estimate of drug-likeness (QED) is 0.360. The number of hydrogen-bond donors (Lipinski definition) is 3. The molecule has 2 atom stereocenters. The van der Waals surface area contributed by atoms with Gasteiger partial charge in [0, 0.05) is 24.3 Å². The van der Waals surface area contributed by atoms with Crippen LogP contribution in [0.4, 0.5) is 21.9 Å². The lowest BCUT2D eigenvalue weighted by atomic mass is 9.90. The Bertz CT molecular complexity index is 1480. The summed E-state index contributed by atoms with van der Waals surface area (Å²) in [6.45, 7) is 5.44. The maximum atomic E-state index is 13.5. The molecule has 0 spiro atoms. The monoisotopic (exact) mass is 546 g/mol. The predicted molar refractivity (Wildman–Crippen MR) is 150 cm³/mol. The van der Waals surface area contributed by atoms with Crippen molar-refractivity contribution >= 4 is 56.5 Å². The number of anilines is 3. The van der Waals surface area contributed by atoms with Gasteiger partial charge >= 0.3 is 6.03 Å². The van der Waals surface area contributed by atoms with Gasteiger partial charge in [-0.15, -0.1) is 11.3 Å². The molecule has 2 fully saturated rings. The van der Waals surface area contributed by atoms with Crippen LogP contribution in [-0.2, 0) is 4.79 Å². The van der Waals surface area contributed by atoms with Crippen molar-refractivity contribution in [3.8, 4) is 5.88 Å². The van der Waals surface area contributed by atoms with E-state index in [0.717, 1.165) is 44.1 Å². The number of aromatic nitrogens is 2. The molecule has 2 aliphatic carbocycles. The van der Waals surface area contributed by atoms with Crippen LogP contribution in [0.3, 0.4) is 0 Å². The largest absolute Gasteiger partial charge is 0.474 e.